The molecular weight excluding hydrogens is 582 g/mol. The van der Waals surface area contributed by atoms with Gasteiger partial charge in [-0.25, -0.2) is 0 Å². The molecule has 0 radical (unpaired) electrons. The fraction of sp³-hybridized carbons (Fsp3) is 1.00. The van der Waals surface area contributed by atoms with Crippen molar-refractivity contribution in [2.75, 3.05) is 52.7 Å². The highest BCUT2D eigenvalue weighted by Crippen LogP contribution is 2.15. The highest BCUT2D eigenvalue weighted by Gasteiger charge is 2.00. The van der Waals surface area contributed by atoms with Gasteiger partial charge in [0.15, 0.2) is 0 Å². The smallest absolute Gasteiger partial charge is 0.0558 e. The predicted octanol–water partition coefficient (Wildman–Crippen LogP) is 11.8. The summed E-state index contributed by atoms with van der Waals surface area (Å²) in [5, 5.41) is 25.5. The number of hydrogen-bond acceptors (Lipinski definition) is 5. The normalized spacial score (nSPS) is 11.4. The lowest BCUT2D eigenvalue weighted by atomic mass is 10.0. The molecule has 0 unspecified atom stereocenters. The van der Waals surface area contributed by atoms with Crippen LogP contribution in [0.4, 0.5) is 0 Å². The van der Waals surface area contributed by atoms with Crippen molar-refractivity contribution in [3.8, 4) is 0 Å². The first-order valence-corrected chi connectivity index (χ1v) is 21.4. The molecule has 47 heavy (non-hydrogen) atoms. The van der Waals surface area contributed by atoms with E-state index in [1.54, 1.807) is 4.90 Å². The third-order valence-electron chi connectivity index (χ3n) is 9.53. The van der Waals surface area contributed by atoms with E-state index in [0.29, 0.717) is 19.6 Å². The van der Waals surface area contributed by atoms with Crippen LogP contribution in [0.15, 0.2) is 0 Å². The fourth-order valence-electron chi connectivity index (χ4n) is 6.37. The van der Waals surface area contributed by atoms with Crippen molar-refractivity contribution >= 4 is 0 Å². The van der Waals surface area contributed by atoms with E-state index in [1.807, 2.05) is 0 Å². The lowest BCUT2D eigenvalue weighted by Gasteiger charge is -2.17. The molecule has 0 fully saturated rings. The molecule has 0 aromatic heterocycles. The number of rotatable bonds is 40. The Bertz CT molecular complexity index is 459. The predicted molar refractivity (Wildman–Crippen MR) is 208 cm³/mol. The van der Waals surface area contributed by atoms with E-state index in [1.165, 1.54) is 205 Å². The van der Waals surface area contributed by atoms with E-state index in [4.69, 9.17) is 20.1 Å². The molecule has 5 nitrogen and oxygen atoms in total. The first kappa shape index (κ1) is 48.9. The van der Waals surface area contributed by atoms with Crippen LogP contribution in [0.3, 0.4) is 0 Å². The molecular formula is C42H89NO4. The zero-order valence-electron chi connectivity index (χ0n) is 32.5. The molecule has 3 N–H and O–H groups in total. The Labute approximate surface area is 296 Å². The second-order valence-corrected chi connectivity index (χ2v) is 14.2. The molecule has 0 heterocycles. The molecule has 0 saturated heterocycles. The standard InChI is InChI=1S/C36H74O.C6H15NO3/c1-3-5-7-9-11-13-15-17-19-21-23-25-27-29-31-33-35-37-36-34-32-30-28-26-24-22-20-18-16-14-12-10-8-6-4-2;8-4-1-7(2-5-9)3-6-10/h3-36H2,1-2H3;8-10H,1-6H2. The lowest BCUT2D eigenvalue weighted by Crippen LogP contribution is -2.32. The Balaban J connectivity index is 0. The summed E-state index contributed by atoms with van der Waals surface area (Å²) in [6.07, 6.45) is 46.0. The minimum atomic E-state index is 0.0694. The Kier molecular flexibility index (Phi) is 49.9. The second-order valence-electron chi connectivity index (χ2n) is 14.2. The summed E-state index contributed by atoms with van der Waals surface area (Å²) < 4.78 is 5.87. The number of aliphatic hydroxyl groups is 3. The van der Waals surface area contributed by atoms with Crippen LogP contribution in [0.25, 0.3) is 0 Å². The maximum atomic E-state index is 8.48. The van der Waals surface area contributed by atoms with Gasteiger partial charge in [-0.15, -0.1) is 0 Å². The first-order valence-electron chi connectivity index (χ1n) is 21.4. The van der Waals surface area contributed by atoms with E-state index < -0.39 is 0 Å². The maximum absolute atomic E-state index is 8.48. The first-order chi connectivity index (χ1) is 23.3. The summed E-state index contributed by atoms with van der Waals surface area (Å²) in [5.74, 6) is 0. The molecule has 0 aliphatic carbocycles. The number of ether oxygens (including phenoxy) is 1. The summed E-state index contributed by atoms with van der Waals surface area (Å²) in [7, 11) is 0. The average Bonchev–Trinajstić information content (AvgIpc) is 3.07. The number of unbranched alkanes of at least 4 members (excludes halogenated alkanes) is 30. The van der Waals surface area contributed by atoms with Crippen LogP contribution in [0, 0.1) is 0 Å². The molecule has 0 aromatic rings. The molecule has 0 amide bonds. The van der Waals surface area contributed by atoms with Crippen molar-refractivity contribution in [2.45, 2.75) is 219 Å². The molecule has 286 valence electrons. The molecule has 0 rings (SSSR count). The maximum Gasteiger partial charge on any atom is 0.0558 e. The molecule has 0 spiro atoms. The number of aliphatic hydroxyl groups excluding tert-OH is 3. The SMILES string of the molecule is CCCCCCCCCCCCCCCCCCOCCCCCCCCCCCCCCCCCC.OCCN(CCO)CCO. The van der Waals surface area contributed by atoms with Crippen LogP contribution in [0.2, 0.25) is 0 Å². The second kappa shape index (κ2) is 47.9. The fourth-order valence-corrected chi connectivity index (χ4v) is 6.37. The van der Waals surface area contributed by atoms with Crippen LogP contribution >= 0.6 is 0 Å². The molecule has 0 saturated carbocycles. The molecule has 0 bridgehead atoms. The lowest BCUT2D eigenvalue weighted by molar-refractivity contribution is 0.125. The molecule has 0 aliphatic heterocycles. The van der Waals surface area contributed by atoms with E-state index >= 15 is 0 Å². The van der Waals surface area contributed by atoms with Gasteiger partial charge in [0.25, 0.3) is 0 Å². The molecule has 0 atom stereocenters. The Hall–Kier alpha value is -0.200. The van der Waals surface area contributed by atoms with Gasteiger partial charge >= 0.3 is 0 Å². The molecule has 5 heteroatoms. The summed E-state index contributed by atoms with van der Waals surface area (Å²) >= 11 is 0. The highest BCUT2D eigenvalue weighted by atomic mass is 16.5. The van der Waals surface area contributed by atoms with Crippen molar-refractivity contribution in [3.63, 3.8) is 0 Å². The van der Waals surface area contributed by atoms with Crippen molar-refractivity contribution < 1.29 is 20.1 Å². The van der Waals surface area contributed by atoms with Gasteiger partial charge in [0.2, 0.25) is 0 Å². The van der Waals surface area contributed by atoms with E-state index in [2.05, 4.69) is 13.8 Å². The number of nitrogens with zero attached hydrogens (tertiary/aromatic N) is 1. The van der Waals surface area contributed by atoms with Gasteiger partial charge in [-0.2, -0.15) is 0 Å². The number of hydrogen-bond donors (Lipinski definition) is 3. The average molecular weight is 672 g/mol. The van der Waals surface area contributed by atoms with E-state index in [0.717, 1.165) is 13.2 Å². The third-order valence-corrected chi connectivity index (χ3v) is 9.53. The largest absolute Gasteiger partial charge is 0.395 e. The van der Waals surface area contributed by atoms with Crippen molar-refractivity contribution in [3.05, 3.63) is 0 Å². The van der Waals surface area contributed by atoms with Crippen LogP contribution in [-0.4, -0.2) is 72.9 Å². The van der Waals surface area contributed by atoms with Gasteiger partial charge in [-0.05, 0) is 12.8 Å². The van der Waals surface area contributed by atoms with Gasteiger partial charge in [0.1, 0.15) is 0 Å². The van der Waals surface area contributed by atoms with Crippen LogP contribution in [-0.2, 0) is 4.74 Å². The minimum Gasteiger partial charge on any atom is -0.395 e. The van der Waals surface area contributed by atoms with Crippen LogP contribution < -0.4 is 0 Å². The summed E-state index contributed by atoms with van der Waals surface area (Å²) in [6, 6.07) is 0. The van der Waals surface area contributed by atoms with Crippen LogP contribution in [0.1, 0.15) is 219 Å². The Morgan fingerprint density at radius 3 is 0.681 bits per heavy atom. The van der Waals surface area contributed by atoms with Gasteiger partial charge in [0, 0.05) is 32.8 Å². The van der Waals surface area contributed by atoms with Gasteiger partial charge in [0.05, 0.1) is 19.8 Å². The van der Waals surface area contributed by atoms with Crippen molar-refractivity contribution in [1.29, 1.82) is 0 Å². The Morgan fingerprint density at radius 1 is 0.298 bits per heavy atom. The van der Waals surface area contributed by atoms with Gasteiger partial charge in [-0.3, -0.25) is 4.90 Å². The van der Waals surface area contributed by atoms with Crippen molar-refractivity contribution in [2.24, 2.45) is 0 Å². The van der Waals surface area contributed by atoms with Gasteiger partial charge < -0.3 is 20.1 Å². The van der Waals surface area contributed by atoms with Gasteiger partial charge in [-0.1, -0.05) is 206 Å². The molecule has 0 aliphatic rings. The Morgan fingerprint density at radius 2 is 0.489 bits per heavy atom. The zero-order valence-corrected chi connectivity index (χ0v) is 32.5. The van der Waals surface area contributed by atoms with E-state index in [9.17, 15) is 0 Å². The quantitative estimate of drug-likeness (QED) is 0.0565. The van der Waals surface area contributed by atoms with E-state index in [-0.39, 0.29) is 19.8 Å². The van der Waals surface area contributed by atoms with Crippen LogP contribution in [0.5, 0.6) is 0 Å². The summed E-state index contributed by atoms with van der Waals surface area (Å²) in [6.45, 7) is 8.35. The minimum absolute atomic E-state index is 0.0694. The highest BCUT2D eigenvalue weighted by molar-refractivity contribution is 4.54. The monoisotopic (exact) mass is 672 g/mol. The summed E-state index contributed by atoms with van der Waals surface area (Å²) in [4.78, 5) is 1.79. The summed E-state index contributed by atoms with van der Waals surface area (Å²) in [5.41, 5.74) is 0. The topological polar surface area (TPSA) is 73.2 Å². The zero-order chi connectivity index (χ0) is 34.6. The third kappa shape index (κ3) is 48.0. The molecule has 0 aromatic carbocycles. The van der Waals surface area contributed by atoms with Crippen molar-refractivity contribution in [1.82, 2.24) is 4.90 Å².